The zero-order valence-corrected chi connectivity index (χ0v) is 32.7. The average Bonchev–Trinajstić information content (AvgIpc) is 3.41. The van der Waals surface area contributed by atoms with Gasteiger partial charge in [-0.05, 0) is 110 Å². The minimum absolute atomic E-state index is 0.00432. The molecule has 0 radical (unpaired) electrons. The van der Waals surface area contributed by atoms with Crippen molar-refractivity contribution in [2.45, 2.75) is 149 Å². The summed E-state index contributed by atoms with van der Waals surface area (Å²) >= 11 is 0. The van der Waals surface area contributed by atoms with Gasteiger partial charge in [-0.2, -0.15) is 13.2 Å². The average molecular weight is 761 g/mol. The Kier molecular flexibility index (Phi) is 8.39. The number of amides is 2. The quantitative estimate of drug-likeness (QED) is 0.339. The van der Waals surface area contributed by atoms with Crippen LogP contribution in [0.25, 0.3) is 0 Å². The first-order valence-corrected chi connectivity index (χ1v) is 20.8. The maximum absolute atomic E-state index is 13.6. The lowest BCUT2D eigenvalue weighted by atomic mass is 9.46. The summed E-state index contributed by atoms with van der Waals surface area (Å²) < 4.78 is 60.7. The Bertz CT molecular complexity index is 1680. The standard InChI is InChI=1S/C41H59F3N4O6/c1-22(2)33(54-35(50)46-14-7-15-46)25-18-23(3)30-34(52-25)32(49)31-24-8-9-26-37(4,5)28(10-11-40(26)21-39(24,40)13-12-38(30,31)6)53-36(51)48-17-16-47-19-27(41(42,43)44)45-29(47)20-48/h19,22-26,28,30-34,49H,7-18,20-21H2,1-6H3/t23-,24?,25?,26?,28+,30?,31?,32-,33-,34?,38-,39+,40?/m1/s1. The van der Waals surface area contributed by atoms with Gasteiger partial charge in [0.25, 0.3) is 0 Å². The molecule has 7 fully saturated rings. The van der Waals surface area contributed by atoms with Gasteiger partial charge in [-0.15, -0.1) is 0 Å². The van der Waals surface area contributed by atoms with E-state index in [-0.39, 0.29) is 95.4 Å². The van der Waals surface area contributed by atoms with Gasteiger partial charge in [0.1, 0.15) is 18.0 Å². The van der Waals surface area contributed by atoms with Crippen LogP contribution < -0.4 is 0 Å². The molecule has 5 aliphatic carbocycles. The summed E-state index contributed by atoms with van der Waals surface area (Å²) in [5, 5.41) is 12.4. The van der Waals surface area contributed by atoms with Crippen LogP contribution >= 0.6 is 0 Å². The molecular formula is C41H59F3N4O6. The number of fused-ring (bicyclic) bond motifs is 5. The van der Waals surface area contributed by atoms with Crippen molar-refractivity contribution in [3.8, 4) is 0 Å². The van der Waals surface area contributed by atoms with Crippen molar-refractivity contribution < 1.29 is 42.1 Å². The van der Waals surface area contributed by atoms with E-state index in [4.69, 9.17) is 14.2 Å². The number of carbonyl (C=O) groups is 2. The second-order valence-electron chi connectivity index (χ2n) is 19.9. The fraction of sp³-hybridized carbons (Fsp3) is 0.878. The van der Waals surface area contributed by atoms with Crippen molar-refractivity contribution in [1.82, 2.24) is 19.4 Å². The fourth-order valence-electron chi connectivity index (χ4n) is 14.3. The Morgan fingerprint density at radius 3 is 2.43 bits per heavy atom. The summed E-state index contributed by atoms with van der Waals surface area (Å²) in [7, 11) is 0. The molecule has 0 aromatic carbocycles. The Balaban J connectivity index is 0.896. The highest BCUT2D eigenvalue weighted by atomic mass is 19.4. The summed E-state index contributed by atoms with van der Waals surface area (Å²) in [5.74, 6) is 1.82. The van der Waals surface area contributed by atoms with Crippen LogP contribution in [0.15, 0.2) is 6.20 Å². The van der Waals surface area contributed by atoms with Crippen LogP contribution in [0.3, 0.4) is 0 Å². The molecule has 4 heterocycles. The molecule has 10 nitrogen and oxygen atoms in total. The lowest BCUT2D eigenvalue weighted by Gasteiger charge is -2.60. The van der Waals surface area contributed by atoms with Gasteiger partial charge in [0, 0.05) is 37.8 Å². The molecule has 54 heavy (non-hydrogen) atoms. The normalized spacial score (nSPS) is 43.7. The Morgan fingerprint density at radius 2 is 1.74 bits per heavy atom. The van der Waals surface area contributed by atoms with Crippen LogP contribution in [0.1, 0.15) is 111 Å². The van der Waals surface area contributed by atoms with Gasteiger partial charge in [-0.25, -0.2) is 14.6 Å². The summed E-state index contributed by atoms with van der Waals surface area (Å²) in [6, 6.07) is 0. The molecule has 5 saturated carbocycles. The highest BCUT2D eigenvalue weighted by Gasteiger charge is 2.82. The van der Waals surface area contributed by atoms with E-state index < -0.39 is 24.1 Å². The lowest BCUT2D eigenvalue weighted by molar-refractivity contribution is -0.180. The van der Waals surface area contributed by atoms with Crippen molar-refractivity contribution in [2.24, 2.45) is 57.2 Å². The van der Waals surface area contributed by atoms with Crippen molar-refractivity contribution >= 4 is 12.2 Å². The maximum atomic E-state index is 13.6. The van der Waals surface area contributed by atoms with Crippen molar-refractivity contribution in [2.75, 3.05) is 19.6 Å². The Hall–Kier alpha value is -2.54. The summed E-state index contributed by atoms with van der Waals surface area (Å²) in [5.41, 5.74) is -0.915. The number of ether oxygens (including phenoxy) is 3. The van der Waals surface area contributed by atoms with Gasteiger partial charge in [0.05, 0.1) is 24.9 Å². The molecule has 1 aromatic heterocycles. The summed E-state index contributed by atoms with van der Waals surface area (Å²) in [6.45, 7) is 15.4. The van der Waals surface area contributed by atoms with E-state index in [0.717, 1.165) is 77.1 Å². The topological polar surface area (TPSA) is 106 Å². The molecule has 13 heteroatoms. The molecule has 1 aromatic rings. The van der Waals surface area contributed by atoms with E-state index in [0.29, 0.717) is 17.8 Å². The van der Waals surface area contributed by atoms with Crippen LogP contribution in [0.5, 0.6) is 0 Å². The van der Waals surface area contributed by atoms with Crippen LogP contribution in [-0.4, -0.2) is 86.8 Å². The second kappa shape index (κ2) is 12.2. The SMILES string of the molecule is CC(C)[C@@H](OC(=O)N1CCC1)C1C[C@@H](C)C2C(O1)[C@H](O)C1C3CCC4C(C)(C)[C@@H](OC(=O)N5CCn6cc(C(F)(F)F)nc6C5)CCC45C[C@@]35CC[C@@]12C. The fourth-order valence-corrected chi connectivity index (χ4v) is 14.3. The van der Waals surface area contributed by atoms with Gasteiger partial charge >= 0.3 is 18.4 Å². The Labute approximate surface area is 316 Å². The van der Waals surface area contributed by atoms with Gasteiger partial charge in [-0.1, -0.05) is 41.5 Å². The van der Waals surface area contributed by atoms with E-state index in [1.54, 1.807) is 4.90 Å². The van der Waals surface area contributed by atoms with Crippen LogP contribution in [0.2, 0.25) is 0 Å². The zero-order valence-electron chi connectivity index (χ0n) is 32.7. The van der Waals surface area contributed by atoms with Crippen LogP contribution in [0.4, 0.5) is 22.8 Å². The monoisotopic (exact) mass is 760 g/mol. The molecule has 0 bridgehead atoms. The van der Waals surface area contributed by atoms with Gasteiger partial charge in [0.2, 0.25) is 0 Å². The smallest absolute Gasteiger partial charge is 0.434 e. The molecule has 2 saturated heterocycles. The molecule has 300 valence electrons. The lowest BCUT2D eigenvalue weighted by Crippen LogP contribution is -2.56. The number of halogens is 3. The highest BCUT2D eigenvalue weighted by Crippen LogP contribution is 2.87. The third-order valence-electron chi connectivity index (χ3n) is 16.9. The molecule has 2 spiro atoms. The first-order chi connectivity index (χ1) is 25.4. The van der Waals surface area contributed by atoms with Crippen LogP contribution in [-0.2, 0) is 33.5 Å². The predicted octanol–water partition coefficient (Wildman–Crippen LogP) is 7.51. The number of hydrogen-bond acceptors (Lipinski definition) is 7. The van der Waals surface area contributed by atoms with E-state index >= 15 is 0 Å². The van der Waals surface area contributed by atoms with E-state index in [1.807, 2.05) is 0 Å². The first-order valence-electron chi connectivity index (χ1n) is 20.8. The number of likely N-dealkylation sites (tertiary alicyclic amines) is 1. The number of carbonyl (C=O) groups excluding carboxylic acids is 2. The molecule has 7 unspecified atom stereocenters. The van der Waals surface area contributed by atoms with Gasteiger partial charge in [-0.3, -0.25) is 4.90 Å². The summed E-state index contributed by atoms with van der Waals surface area (Å²) in [6.07, 6.45) is 3.02. The molecule has 9 rings (SSSR count). The van der Waals surface area contributed by atoms with Gasteiger partial charge < -0.3 is 28.8 Å². The molecule has 3 aliphatic heterocycles. The number of hydrogen-bond donors (Lipinski definition) is 1. The van der Waals surface area contributed by atoms with E-state index in [9.17, 15) is 27.9 Å². The Morgan fingerprint density at radius 1 is 0.981 bits per heavy atom. The van der Waals surface area contributed by atoms with E-state index in [2.05, 4.69) is 46.5 Å². The number of rotatable bonds is 4. The molecular weight excluding hydrogens is 701 g/mol. The highest BCUT2D eigenvalue weighted by molar-refractivity contribution is 5.69. The van der Waals surface area contributed by atoms with Crippen LogP contribution in [0, 0.1) is 57.2 Å². The molecule has 8 aliphatic rings. The third kappa shape index (κ3) is 5.20. The molecule has 1 N–H and O–H groups in total. The summed E-state index contributed by atoms with van der Waals surface area (Å²) in [4.78, 5) is 33.5. The number of alkyl halides is 3. The number of nitrogens with zero attached hydrogens (tertiary/aromatic N) is 4. The number of imidazole rings is 1. The maximum Gasteiger partial charge on any atom is 0.434 e. The first kappa shape index (κ1) is 37.1. The number of aliphatic hydroxyl groups excluding tert-OH is 1. The minimum Gasteiger partial charge on any atom is -0.446 e. The largest absolute Gasteiger partial charge is 0.446 e. The zero-order chi connectivity index (χ0) is 38.3. The van der Waals surface area contributed by atoms with Crippen molar-refractivity contribution in [3.05, 3.63) is 17.7 Å². The number of aromatic nitrogens is 2. The molecule has 13 atom stereocenters. The van der Waals surface area contributed by atoms with Gasteiger partial charge in [0.15, 0.2) is 5.69 Å². The van der Waals surface area contributed by atoms with E-state index in [1.165, 1.54) is 9.47 Å². The van der Waals surface area contributed by atoms with Crippen molar-refractivity contribution in [1.29, 1.82) is 0 Å². The predicted molar refractivity (Wildman–Crippen MR) is 191 cm³/mol. The minimum atomic E-state index is -4.53. The number of aliphatic hydroxyl groups is 1. The molecule has 2 amide bonds. The third-order valence-corrected chi connectivity index (χ3v) is 16.9. The second-order valence-corrected chi connectivity index (χ2v) is 19.9. The van der Waals surface area contributed by atoms with Crippen molar-refractivity contribution in [3.63, 3.8) is 0 Å².